The minimum absolute atomic E-state index is 0.338. The fourth-order valence-electron chi connectivity index (χ4n) is 1.37. The number of rotatable bonds is 1. The highest BCUT2D eigenvalue weighted by Gasteiger charge is 1.86. The highest BCUT2D eigenvalue weighted by Crippen LogP contribution is 2.10. The molecule has 0 aliphatic heterocycles. The van der Waals surface area contributed by atoms with Crippen LogP contribution in [-0.4, -0.2) is 12.2 Å². The topological polar surface area (TPSA) is 29.5 Å². The van der Waals surface area contributed by atoms with Gasteiger partial charge in [-0.1, -0.05) is 38.1 Å². The normalized spacial score (nSPS) is 8.47. The van der Waals surface area contributed by atoms with E-state index in [1.165, 1.54) is 5.56 Å². The lowest BCUT2D eigenvalue weighted by molar-refractivity contribution is 0.414. The van der Waals surface area contributed by atoms with Crippen LogP contribution in [-0.2, 0) is 0 Å². The molecule has 1 N–H and O–H groups in total. The summed E-state index contributed by atoms with van der Waals surface area (Å²) in [4.78, 5) is 0. The molecule has 104 valence electrons. The molecule has 2 aromatic rings. The molecule has 0 aromatic heterocycles. The smallest absolute Gasteiger partial charge is 0.119 e. The van der Waals surface area contributed by atoms with Gasteiger partial charge in [-0.3, -0.25) is 0 Å². The van der Waals surface area contributed by atoms with Crippen molar-refractivity contribution in [2.75, 3.05) is 7.11 Å². The van der Waals surface area contributed by atoms with Crippen LogP contribution in [0.25, 0.3) is 0 Å². The molecular formula is C17H24O2. The average molecular weight is 260 g/mol. The monoisotopic (exact) mass is 260 g/mol. The number of phenols is 1. The number of benzene rings is 2. The van der Waals surface area contributed by atoms with E-state index >= 15 is 0 Å². The van der Waals surface area contributed by atoms with Crippen LogP contribution in [0.4, 0.5) is 0 Å². The molecule has 0 aliphatic rings. The second kappa shape index (κ2) is 10.0. The predicted octanol–water partition coefficient (Wildman–Crippen LogP) is 4.73. The highest BCUT2D eigenvalue weighted by atomic mass is 16.5. The molecule has 0 aliphatic carbocycles. The van der Waals surface area contributed by atoms with Crippen molar-refractivity contribution in [1.29, 1.82) is 0 Å². The Balaban J connectivity index is 0.000000303. The first-order chi connectivity index (χ1) is 9.11. The van der Waals surface area contributed by atoms with Crippen molar-refractivity contribution in [3.05, 3.63) is 59.7 Å². The van der Waals surface area contributed by atoms with Crippen LogP contribution in [0.5, 0.6) is 11.5 Å². The van der Waals surface area contributed by atoms with Gasteiger partial charge in [-0.2, -0.15) is 0 Å². The van der Waals surface area contributed by atoms with E-state index in [1.807, 2.05) is 64.1 Å². The van der Waals surface area contributed by atoms with Gasteiger partial charge >= 0.3 is 0 Å². The summed E-state index contributed by atoms with van der Waals surface area (Å²) in [6.45, 7) is 7.99. The van der Waals surface area contributed by atoms with Gasteiger partial charge in [-0.05, 0) is 49.2 Å². The van der Waals surface area contributed by atoms with E-state index in [4.69, 9.17) is 9.84 Å². The lowest BCUT2D eigenvalue weighted by atomic mass is 10.2. The van der Waals surface area contributed by atoms with Gasteiger partial charge in [0.2, 0.25) is 0 Å². The van der Waals surface area contributed by atoms with Crippen molar-refractivity contribution in [3.63, 3.8) is 0 Å². The van der Waals surface area contributed by atoms with Gasteiger partial charge in [0.1, 0.15) is 11.5 Å². The maximum Gasteiger partial charge on any atom is 0.119 e. The molecular weight excluding hydrogens is 236 g/mol. The minimum Gasteiger partial charge on any atom is -0.508 e. The number of aromatic hydroxyl groups is 1. The zero-order valence-corrected chi connectivity index (χ0v) is 12.5. The van der Waals surface area contributed by atoms with E-state index in [0.717, 1.165) is 11.3 Å². The molecule has 0 fully saturated rings. The second-order valence-electron chi connectivity index (χ2n) is 3.86. The molecule has 2 heteroatoms. The number of aryl methyl sites for hydroxylation is 2. The van der Waals surface area contributed by atoms with Crippen molar-refractivity contribution < 1.29 is 9.84 Å². The Hall–Kier alpha value is -1.96. The SMILES string of the molecule is CC.COc1cccc(C)c1.Cc1cccc(O)c1. The molecule has 0 spiro atoms. The molecule has 0 unspecified atom stereocenters. The summed E-state index contributed by atoms with van der Waals surface area (Å²) in [5, 5.41) is 8.81. The van der Waals surface area contributed by atoms with Crippen LogP contribution in [0.3, 0.4) is 0 Å². The maximum atomic E-state index is 8.81. The van der Waals surface area contributed by atoms with E-state index in [-0.39, 0.29) is 0 Å². The van der Waals surface area contributed by atoms with Gasteiger partial charge in [0.15, 0.2) is 0 Å². The van der Waals surface area contributed by atoms with Gasteiger partial charge in [0.05, 0.1) is 7.11 Å². The Morgan fingerprint density at radius 1 is 0.842 bits per heavy atom. The predicted molar refractivity (Wildman–Crippen MR) is 81.9 cm³/mol. The lowest BCUT2D eigenvalue weighted by Crippen LogP contribution is -1.81. The van der Waals surface area contributed by atoms with Crippen LogP contribution >= 0.6 is 0 Å². The van der Waals surface area contributed by atoms with E-state index in [1.54, 1.807) is 19.2 Å². The zero-order valence-electron chi connectivity index (χ0n) is 12.5. The molecule has 19 heavy (non-hydrogen) atoms. The molecule has 0 amide bonds. The molecule has 0 atom stereocenters. The molecule has 0 saturated carbocycles. The van der Waals surface area contributed by atoms with E-state index in [9.17, 15) is 0 Å². The largest absolute Gasteiger partial charge is 0.508 e. The van der Waals surface area contributed by atoms with Crippen molar-refractivity contribution in [1.82, 2.24) is 0 Å². The van der Waals surface area contributed by atoms with Crippen molar-refractivity contribution in [3.8, 4) is 11.5 Å². The van der Waals surface area contributed by atoms with Crippen LogP contribution in [0, 0.1) is 13.8 Å². The Morgan fingerprint density at radius 2 is 1.37 bits per heavy atom. The number of methoxy groups -OCH3 is 1. The zero-order chi connectivity index (χ0) is 14.7. The summed E-state index contributed by atoms with van der Waals surface area (Å²) in [5.41, 5.74) is 2.32. The first-order valence-corrected chi connectivity index (χ1v) is 6.48. The third kappa shape index (κ3) is 7.87. The Bertz CT molecular complexity index is 447. The van der Waals surface area contributed by atoms with Crippen molar-refractivity contribution in [2.45, 2.75) is 27.7 Å². The minimum atomic E-state index is 0.338. The van der Waals surface area contributed by atoms with Crippen LogP contribution in [0.2, 0.25) is 0 Å². The molecule has 0 heterocycles. The average Bonchev–Trinajstić information content (AvgIpc) is 2.41. The number of hydrogen-bond donors (Lipinski definition) is 1. The van der Waals surface area contributed by atoms with Crippen LogP contribution in [0.1, 0.15) is 25.0 Å². The first kappa shape index (κ1) is 17.0. The second-order valence-corrected chi connectivity index (χ2v) is 3.86. The lowest BCUT2D eigenvalue weighted by Gasteiger charge is -1.97. The third-order valence-corrected chi connectivity index (χ3v) is 2.23. The number of hydrogen-bond acceptors (Lipinski definition) is 2. The Labute approximate surface area is 116 Å². The Morgan fingerprint density at radius 3 is 1.68 bits per heavy atom. The van der Waals surface area contributed by atoms with Gasteiger partial charge in [-0.25, -0.2) is 0 Å². The molecule has 0 saturated heterocycles. The fourth-order valence-corrected chi connectivity index (χ4v) is 1.37. The van der Waals surface area contributed by atoms with Gasteiger partial charge in [-0.15, -0.1) is 0 Å². The molecule has 2 aromatic carbocycles. The molecule has 2 rings (SSSR count). The van der Waals surface area contributed by atoms with Crippen molar-refractivity contribution >= 4 is 0 Å². The first-order valence-electron chi connectivity index (χ1n) is 6.48. The standard InChI is InChI=1S/C8H10O.C7H8O.C2H6/c1-7-4-3-5-8(6-7)9-2;1-6-3-2-4-7(8)5-6;1-2/h3-6H,1-2H3;2-5,8H,1H3;1-2H3. The molecule has 2 nitrogen and oxygen atoms in total. The quantitative estimate of drug-likeness (QED) is 0.803. The summed E-state index contributed by atoms with van der Waals surface area (Å²) in [5.74, 6) is 1.26. The fraction of sp³-hybridized carbons (Fsp3) is 0.294. The third-order valence-electron chi connectivity index (χ3n) is 2.23. The number of ether oxygens (including phenoxy) is 1. The summed E-state index contributed by atoms with van der Waals surface area (Å²) in [6.07, 6.45) is 0. The summed E-state index contributed by atoms with van der Waals surface area (Å²) >= 11 is 0. The van der Waals surface area contributed by atoms with E-state index < -0.39 is 0 Å². The van der Waals surface area contributed by atoms with Crippen LogP contribution in [0.15, 0.2) is 48.5 Å². The van der Waals surface area contributed by atoms with Gasteiger partial charge < -0.3 is 9.84 Å². The van der Waals surface area contributed by atoms with E-state index in [2.05, 4.69) is 0 Å². The highest BCUT2D eigenvalue weighted by molar-refractivity contribution is 5.27. The molecule has 0 radical (unpaired) electrons. The van der Waals surface area contributed by atoms with Gasteiger partial charge in [0, 0.05) is 0 Å². The summed E-state index contributed by atoms with van der Waals surface area (Å²) in [7, 11) is 1.68. The maximum absolute atomic E-state index is 8.81. The van der Waals surface area contributed by atoms with E-state index in [0.29, 0.717) is 5.75 Å². The summed E-state index contributed by atoms with van der Waals surface area (Å²) in [6, 6.07) is 15.1. The Kier molecular flexibility index (Phi) is 8.98. The number of phenolic OH excluding ortho intramolecular Hbond substituents is 1. The summed E-state index contributed by atoms with van der Waals surface area (Å²) < 4.78 is 5.00. The van der Waals surface area contributed by atoms with Crippen molar-refractivity contribution in [2.24, 2.45) is 0 Å². The van der Waals surface area contributed by atoms with Gasteiger partial charge in [0.25, 0.3) is 0 Å². The molecule has 0 bridgehead atoms. The van der Waals surface area contributed by atoms with Crippen LogP contribution < -0.4 is 4.74 Å².